The average molecular weight is 336 g/mol. The Kier molecular flexibility index (Phi) is 8.05. The Morgan fingerprint density at radius 3 is 2.75 bits per heavy atom. The molecular formula is C19H28O5. The normalized spacial score (nSPS) is 20.6. The number of hydrogen-bond donors (Lipinski definition) is 0. The van der Waals surface area contributed by atoms with Gasteiger partial charge < -0.3 is 18.9 Å². The minimum Gasteiger partial charge on any atom is -0.467 e. The molecule has 5 nitrogen and oxygen atoms in total. The monoisotopic (exact) mass is 336 g/mol. The highest BCUT2D eigenvalue weighted by Crippen LogP contribution is 2.39. The Morgan fingerprint density at radius 2 is 1.96 bits per heavy atom. The maximum Gasteiger partial charge on any atom is 0.305 e. The van der Waals surface area contributed by atoms with Crippen molar-refractivity contribution in [2.24, 2.45) is 0 Å². The lowest BCUT2D eigenvalue weighted by molar-refractivity contribution is -0.151. The van der Waals surface area contributed by atoms with E-state index >= 15 is 0 Å². The van der Waals surface area contributed by atoms with Gasteiger partial charge in [0.15, 0.2) is 6.79 Å². The molecule has 0 unspecified atom stereocenters. The third-order valence-electron chi connectivity index (χ3n) is 4.32. The van der Waals surface area contributed by atoms with Gasteiger partial charge in [0.2, 0.25) is 0 Å². The number of ether oxygens (including phenoxy) is 4. The van der Waals surface area contributed by atoms with Crippen molar-refractivity contribution in [1.29, 1.82) is 0 Å². The maximum absolute atomic E-state index is 11.7. The van der Waals surface area contributed by atoms with Crippen molar-refractivity contribution in [3.63, 3.8) is 0 Å². The Labute approximate surface area is 144 Å². The highest BCUT2D eigenvalue weighted by molar-refractivity contribution is 5.69. The van der Waals surface area contributed by atoms with Gasteiger partial charge in [-0.15, -0.1) is 0 Å². The first kappa shape index (κ1) is 18.7. The van der Waals surface area contributed by atoms with Crippen LogP contribution in [0.5, 0.6) is 5.75 Å². The number of carbonyl (C=O) groups excluding carboxylic acids is 1. The van der Waals surface area contributed by atoms with E-state index < -0.39 is 0 Å². The van der Waals surface area contributed by atoms with Crippen LogP contribution in [0, 0.1) is 0 Å². The van der Waals surface area contributed by atoms with Crippen LogP contribution < -0.4 is 4.74 Å². The fourth-order valence-electron chi connectivity index (χ4n) is 3.07. The number of hydrogen-bond acceptors (Lipinski definition) is 5. The molecule has 0 spiro atoms. The standard InChI is InChI=1S/C19H28O5/c1-3-19(20)24-18-11-7-5-9-16(18)15-8-4-6-10-17(15)23-14-22-13-12-21-2/h4,6,8,10,16,18H,3,5,7,9,11-14H2,1-2H3/t16-,18+/m0/s1. The molecule has 0 N–H and O–H groups in total. The predicted octanol–water partition coefficient (Wildman–Crippen LogP) is 3.67. The van der Waals surface area contributed by atoms with Gasteiger partial charge >= 0.3 is 5.97 Å². The molecule has 24 heavy (non-hydrogen) atoms. The SMILES string of the molecule is CCC(=O)O[C@@H]1CCCC[C@H]1c1ccccc1OCOCCOC. The first-order chi connectivity index (χ1) is 11.8. The number of benzene rings is 1. The van der Waals surface area contributed by atoms with E-state index in [1.54, 1.807) is 7.11 Å². The van der Waals surface area contributed by atoms with Crippen LogP contribution in [-0.2, 0) is 19.0 Å². The van der Waals surface area contributed by atoms with Crippen LogP contribution in [0.2, 0.25) is 0 Å². The van der Waals surface area contributed by atoms with Gasteiger partial charge in [0.25, 0.3) is 0 Å². The third kappa shape index (κ3) is 5.49. The molecule has 5 heteroatoms. The van der Waals surface area contributed by atoms with Crippen molar-refractivity contribution >= 4 is 5.97 Å². The van der Waals surface area contributed by atoms with Gasteiger partial charge in [-0.3, -0.25) is 4.79 Å². The van der Waals surface area contributed by atoms with Crippen LogP contribution in [0.15, 0.2) is 24.3 Å². The Morgan fingerprint density at radius 1 is 1.17 bits per heavy atom. The molecule has 1 aliphatic rings. The van der Waals surface area contributed by atoms with Crippen LogP contribution in [0.4, 0.5) is 0 Å². The molecule has 1 aliphatic carbocycles. The number of para-hydroxylation sites is 1. The predicted molar refractivity (Wildman–Crippen MR) is 91.1 cm³/mol. The second-order valence-electron chi connectivity index (χ2n) is 5.97. The fraction of sp³-hybridized carbons (Fsp3) is 0.632. The zero-order valence-corrected chi connectivity index (χ0v) is 14.7. The zero-order chi connectivity index (χ0) is 17.2. The summed E-state index contributed by atoms with van der Waals surface area (Å²) >= 11 is 0. The molecule has 1 aromatic rings. The molecule has 0 radical (unpaired) electrons. The van der Waals surface area contributed by atoms with E-state index in [4.69, 9.17) is 18.9 Å². The van der Waals surface area contributed by atoms with Crippen LogP contribution in [-0.4, -0.2) is 39.2 Å². The molecule has 0 aliphatic heterocycles. The van der Waals surface area contributed by atoms with Gasteiger partial charge in [-0.2, -0.15) is 0 Å². The Bertz CT molecular complexity index is 502. The number of methoxy groups -OCH3 is 1. The van der Waals surface area contributed by atoms with Gasteiger partial charge in [0, 0.05) is 25.0 Å². The first-order valence-corrected chi connectivity index (χ1v) is 8.74. The second-order valence-corrected chi connectivity index (χ2v) is 5.97. The summed E-state index contributed by atoms with van der Waals surface area (Å²) in [4.78, 5) is 11.7. The summed E-state index contributed by atoms with van der Waals surface area (Å²) in [7, 11) is 1.64. The average Bonchev–Trinajstić information content (AvgIpc) is 2.62. The minimum atomic E-state index is -0.131. The lowest BCUT2D eigenvalue weighted by Crippen LogP contribution is -2.28. The number of esters is 1. The topological polar surface area (TPSA) is 54.0 Å². The van der Waals surface area contributed by atoms with E-state index in [-0.39, 0.29) is 24.8 Å². The van der Waals surface area contributed by atoms with Crippen LogP contribution >= 0.6 is 0 Å². The van der Waals surface area contributed by atoms with E-state index in [1.165, 1.54) is 0 Å². The highest BCUT2D eigenvalue weighted by atomic mass is 16.7. The van der Waals surface area contributed by atoms with Crippen LogP contribution in [0.1, 0.15) is 50.5 Å². The summed E-state index contributed by atoms with van der Waals surface area (Å²) in [5, 5.41) is 0. The molecule has 1 saturated carbocycles. The van der Waals surface area contributed by atoms with Crippen molar-refractivity contribution in [1.82, 2.24) is 0 Å². The summed E-state index contributed by atoms with van der Waals surface area (Å²) in [6.45, 7) is 3.06. The summed E-state index contributed by atoms with van der Waals surface area (Å²) in [6.07, 6.45) is 4.51. The molecule has 0 bridgehead atoms. The van der Waals surface area contributed by atoms with Crippen molar-refractivity contribution in [2.45, 2.75) is 51.0 Å². The number of rotatable bonds is 9. The lowest BCUT2D eigenvalue weighted by Gasteiger charge is -2.32. The van der Waals surface area contributed by atoms with Gasteiger partial charge in [-0.25, -0.2) is 0 Å². The van der Waals surface area contributed by atoms with Gasteiger partial charge in [-0.05, 0) is 25.3 Å². The fourth-order valence-corrected chi connectivity index (χ4v) is 3.07. The molecule has 1 aromatic carbocycles. The summed E-state index contributed by atoms with van der Waals surface area (Å²) in [5.41, 5.74) is 1.10. The van der Waals surface area contributed by atoms with Gasteiger partial charge in [0.05, 0.1) is 13.2 Å². The molecule has 2 atom stereocenters. The van der Waals surface area contributed by atoms with E-state index in [1.807, 2.05) is 25.1 Å². The molecule has 0 amide bonds. The summed E-state index contributed by atoms with van der Waals surface area (Å²) < 4.78 is 21.8. The van der Waals surface area contributed by atoms with E-state index in [2.05, 4.69) is 6.07 Å². The van der Waals surface area contributed by atoms with Crippen molar-refractivity contribution in [3.8, 4) is 5.75 Å². The molecule has 134 valence electrons. The summed E-state index contributed by atoms with van der Waals surface area (Å²) in [5.74, 6) is 0.858. The Hall–Kier alpha value is -1.59. The van der Waals surface area contributed by atoms with Gasteiger partial charge in [-0.1, -0.05) is 31.5 Å². The van der Waals surface area contributed by atoms with Crippen LogP contribution in [0.3, 0.4) is 0 Å². The molecule has 0 aromatic heterocycles. The van der Waals surface area contributed by atoms with Crippen LogP contribution in [0.25, 0.3) is 0 Å². The van der Waals surface area contributed by atoms with E-state index in [0.29, 0.717) is 19.6 Å². The van der Waals surface area contributed by atoms with Crippen molar-refractivity contribution in [3.05, 3.63) is 29.8 Å². The quantitative estimate of drug-likeness (QED) is 0.391. The largest absolute Gasteiger partial charge is 0.467 e. The van der Waals surface area contributed by atoms with Gasteiger partial charge in [0.1, 0.15) is 11.9 Å². The van der Waals surface area contributed by atoms with E-state index in [9.17, 15) is 4.79 Å². The Balaban J connectivity index is 2.03. The molecule has 1 fully saturated rings. The van der Waals surface area contributed by atoms with Crippen molar-refractivity contribution < 1.29 is 23.7 Å². The third-order valence-corrected chi connectivity index (χ3v) is 4.32. The van der Waals surface area contributed by atoms with E-state index in [0.717, 1.165) is 37.0 Å². The molecule has 0 heterocycles. The first-order valence-electron chi connectivity index (χ1n) is 8.74. The summed E-state index contributed by atoms with van der Waals surface area (Å²) in [6, 6.07) is 7.96. The smallest absolute Gasteiger partial charge is 0.305 e. The zero-order valence-electron chi connectivity index (χ0n) is 14.7. The molecular weight excluding hydrogens is 308 g/mol. The second kappa shape index (κ2) is 10.3. The lowest BCUT2D eigenvalue weighted by atomic mass is 9.81. The molecule has 2 rings (SSSR count). The minimum absolute atomic E-state index is 0.0645. The number of carbonyl (C=O) groups is 1. The maximum atomic E-state index is 11.7. The highest BCUT2D eigenvalue weighted by Gasteiger charge is 2.31. The molecule has 0 saturated heterocycles. The van der Waals surface area contributed by atoms with Crippen molar-refractivity contribution in [2.75, 3.05) is 27.1 Å².